The lowest BCUT2D eigenvalue weighted by Gasteiger charge is -2.06. The van der Waals surface area contributed by atoms with Crippen LogP contribution in [0.25, 0.3) is 0 Å². The van der Waals surface area contributed by atoms with Gasteiger partial charge in [-0.3, -0.25) is 4.79 Å². The second kappa shape index (κ2) is 4.43. The SMILES string of the molecule is CC1(C)C(C(=O)Nc2ccc(N)nc2)C1(C)C.Cl. The minimum absolute atomic E-state index is 0. The van der Waals surface area contributed by atoms with Crippen molar-refractivity contribution in [3.05, 3.63) is 18.3 Å². The van der Waals surface area contributed by atoms with Gasteiger partial charge in [0.05, 0.1) is 11.9 Å². The van der Waals surface area contributed by atoms with Gasteiger partial charge in [0.15, 0.2) is 0 Å². The van der Waals surface area contributed by atoms with Gasteiger partial charge in [0, 0.05) is 5.92 Å². The predicted molar refractivity (Wildman–Crippen MR) is 75.6 cm³/mol. The largest absolute Gasteiger partial charge is 0.384 e. The first kappa shape index (κ1) is 14.8. The number of nitrogen functional groups attached to an aromatic ring is 1. The van der Waals surface area contributed by atoms with E-state index in [-0.39, 0.29) is 35.1 Å². The Morgan fingerprint density at radius 2 is 1.83 bits per heavy atom. The minimum Gasteiger partial charge on any atom is -0.384 e. The number of nitrogens with two attached hydrogens (primary N) is 1. The number of halogens is 1. The van der Waals surface area contributed by atoms with Crippen LogP contribution in [-0.4, -0.2) is 10.9 Å². The Hall–Kier alpha value is -1.29. The lowest BCUT2D eigenvalue weighted by Crippen LogP contribution is -2.17. The first-order valence-corrected chi connectivity index (χ1v) is 5.79. The normalized spacial score (nSPS) is 19.8. The molecule has 1 saturated carbocycles. The van der Waals surface area contributed by atoms with Crippen LogP contribution in [0.15, 0.2) is 18.3 Å². The summed E-state index contributed by atoms with van der Waals surface area (Å²) in [4.78, 5) is 16.1. The van der Waals surface area contributed by atoms with E-state index >= 15 is 0 Å². The lowest BCUT2D eigenvalue weighted by atomic mass is 10.0. The Morgan fingerprint density at radius 3 is 2.22 bits per heavy atom. The number of anilines is 2. The molecular formula is C13H20ClN3O. The van der Waals surface area contributed by atoms with E-state index in [1.54, 1.807) is 18.3 Å². The highest BCUT2D eigenvalue weighted by Gasteiger charge is 2.68. The molecule has 1 aliphatic carbocycles. The topological polar surface area (TPSA) is 68.0 Å². The quantitative estimate of drug-likeness (QED) is 0.867. The molecule has 4 nitrogen and oxygen atoms in total. The number of hydrogen-bond donors (Lipinski definition) is 2. The van der Waals surface area contributed by atoms with Gasteiger partial charge in [0.1, 0.15) is 5.82 Å². The van der Waals surface area contributed by atoms with E-state index in [1.165, 1.54) is 0 Å². The Bertz CT molecular complexity index is 440. The third-order valence-corrected chi connectivity index (χ3v) is 4.34. The van der Waals surface area contributed by atoms with Crippen molar-refractivity contribution < 1.29 is 4.79 Å². The second-order valence-electron chi connectivity index (χ2n) is 5.84. The summed E-state index contributed by atoms with van der Waals surface area (Å²) >= 11 is 0. The zero-order chi connectivity index (χ0) is 12.8. The van der Waals surface area contributed by atoms with Crippen molar-refractivity contribution in [1.29, 1.82) is 0 Å². The third kappa shape index (κ3) is 2.17. The molecule has 2 rings (SSSR count). The number of nitrogens with one attached hydrogen (secondary N) is 1. The van der Waals surface area contributed by atoms with Crippen LogP contribution in [0.4, 0.5) is 11.5 Å². The van der Waals surface area contributed by atoms with Gasteiger partial charge in [0.2, 0.25) is 5.91 Å². The predicted octanol–water partition coefficient (Wildman–Crippen LogP) is 2.71. The molecule has 0 aromatic carbocycles. The van der Waals surface area contributed by atoms with Gasteiger partial charge in [-0.2, -0.15) is 0 Å². The minimum atomic E-state index is 0. The van der Waals surface area contributed by atoms with Crippen molar-refractivity contribution in [2.24, 2.45) is 16.7 Å². The number of carbonyl (C=O) groups excluding carboxylic acids is 1. The van der Waals surface area contributed by atoms with Crippen molar-refractivity contribution in [2.45, 2.75) is 27.7 Å². The lowest BCUT2D eigenvalue weighted by molar-refractivity contribution is -0.118. The Balaban J connectivity index is 0.00000162. The third-order valence-electron chi connectivity index (χ3n) is 4.34. The molecule has 1 heterocycles. The molecule has 1 aromatic heterocycles. The van der Waals surface area contributed by atoms with Gasteiger partial charge in [-0.05, 0) is 23.0 Å². The van der Waals surface area contributed by atoms with E-state index < -0.39 is 0 Å². The van der Waals surface area contributed by atoms with Crippen LogP contribution in [0.1, 0.15) is 27.7 Å². The van der Waals surface area contributed by atoms with E-state index in [1.807, 2.05) is 0 Å². The Labute approximate surface area is 114 Å². The molecule has 0 spiro atoms. The molecule has 18 heavy (non-hydrogen) atoms. The van der Waals surface area contributed by atoms with Crippen molar-refractivity contribution in [3.8, 4) is 0 Å². The molecule has 5 heteroatoms. The molecular weight excluding hydrogens is 250 g/mol. The highest BCUT2D eigenvalue weighted by atomic mass is 35.5. The summed E-state index contributed by atoms with van der Waals surface area (Å²) in [6.07, 6.45) is 1.58. The summed E-state index contributed by atoms with van der Waals surface area (Å²) in [7, 11) is 0. The van der Waals surface area contributed by atoms with Crippen LogP contribution >= 0.6 is 12.4 Å². The summed E-state index contributed by atoms with van der Waals surface area (Å²) in [6.45, 7) is 8.49. The molecule has 1 amide bonds. The summed E-state index contributed by atoms with van der Waals surface area (Å²) in [5, 5.41) is 2.89. The van der Waals surface area contributed by atoms with Crippen LogP contribution in [-0.2, 0) is 4.79 Å². The number of nitrogens with zero attached hydrogens (tertiary/aromatic N) is 1. The zero-order valence-corrected chi connectivity index (χ0v) is 12.0. The van der Waals surface area contributed by atoms with E-state index in [2.05, 4.69) is 38.0 Å². The monoisotopic (exact) mass is 269 g/mol. The fourth-order valence-electron chi connectivity index (χ4n) is 2.55. The Kier molecular flexibility index (Phi) is 3.63. The maximum absolute atomic E-state index is 12.1. The van der Waals surface area contributed by atoms with Crippen molar-refractivity contribution in [2.75, 3.05) is 11.1 Å². The first-order chi connectivity index (χ1) is 7.76. The summed E-state index contributed by atoms with van der Waals surface area (Å²) in [6, 6.07) is 3.45. The van der Waals surface area contributed by atoms with Gasteiger partial charge in [-0.1, -0.05) is 27.7 Å². The molecule has 100 valence electrons. The van der Waals surface area contributed by atoms with Gasteiger partial charge in [-0.25, -0.2) is 4.98 Å². The summed E-state index contributed by atoms with van der Waals surface area (Å²) < 4.78 is 0. The van der Waals surface area contributed by atoms with Crippen LogP contribution in [0.2, 0.25) is 0 Å². The maximum Gasteiger partial charge on any atom is 0.228 e. The van der Waals surface area contributed by atoms with Crippen molar-refractivity contribution in [1.82, 2.24) is 4.98 Å². The summed E-state index contributed by atoms with van der Waals surface area (Å²) in [5.41, 5.74) is 6.30. The average Bonchev–Trinajstić information content (AvgIpc) is 2.61. The molecule has 0 bridgehead atoms. The van der Waals surface area contributed by atoms with E-state index in [0.29, 0.717) is 11.5 Å². The number of pyridine rings is 1. The number of aromatic nitrogens is 1. The van der Waals surface area contributed by atoms with Crippen molar-refractivity contribution >= 4 is 29.8 Å². The number of amides is 1. The van der Waals surface area contributed by atoms with E-state index in [4.69, 9.17) is 5.73 Å². The number of hydrogen-bond acceptors (Lipinski definition) is 3. The van der Waals surface area contributed by atoms with Gasteiger partial charge in [-0.15, -0.1) is 12.4 Å². The molecule has 0 saturated heterocycles. The van der Waals surface area contributed by atoms with Gasteiger partial charge < -0.3 is 11.1 Å². The molecule has 0 aliphatic heterocycles. The maximum atomic E-state index is 12.1. The molecule has 1 aliphatic rings. The fraction of sp³-hybridized carbons (Fsp3) is 0.538. The molecule has 3 N–H and O–H groups in total. The van der Waals surface area contributed by atoms with Crippen LogP contribution in [0.5, 0.6) is 0 Å². The number of carbonyl (C=O) groups is 1. The number of rotatable bonds is 2. The zero-order valence-electron chi connectivity index (χ0n) is 11.2. The molecule has 1 fully saturated rings. The van der Waals surface area contributed by atoms with E-state index in [9.17, 15) is 4.79 Å². The molecule has 0 unspecified atom stereocenters. The standard InChI is InChI=1S/C13H19N3O.ClH/c1-12(2)10(13(12,3)4)11(17)16-8-5-6-9(14)15-7-8;/h5-7,10H,1-4H3,(H2,14,15)(H,16,17);1H. The summed E-state index contributed by atoms with van der Waals surface area (Å²) in [5.74, 6) is 0.564. The Morgan fingerprint density at radius 1 is 1.28 bits per heavy atom. The first-order valence-electron chi connectivity index (χ1n) is 5.79. The second-order valence-corrected chi connectivity index (χ2v) is 5.84. The smallest absolute Gasteiger partial charge is 0.228 e. The van der Waals surface area contributed by atoms with Crippen molar-refractivity contribution in [3.63, 3.8) is 0 Å². The van der Waals surface area contributed by atoms with Crippen LogP contribution in [0.3, 0.4) is 0 Å². The molecule has 1 aromatic rings. The van der Waals surface area contributed by atoms with Crippen LogP contribution < -0.4 is 11.1 Å². The average molecular weight is 270 g/mol. The van der Waals surface area contributed by atoms with Crippen LogP contribution in [0, 0.1) is 16.7 Å². The molecule has 0 atom stereocenters. The highest BCUT2D eigenvalue weighted by molar-refractivity contribution is 5.96. The highest BCUT2D eigenvalue weighted by Crippen LogP contribution is 2.68. The van der Waals surface area contributed by atoms with Gasteiger partial charge in [0.25, 0.3) is 0 Å². The van der Waals surface area contributed by atoms with E-state index in [0.717, 1.165) is 0 Å². The fourth-order valence-corrected chi connectivity index (χ4v) is 2.55. The molecule has 0 radical (unpaired) electrons. The van der Waals surface area contributed by atoms with Gasteiger partial charge >= 0.3 is 0 Å².